The number of carbonyl (C=O) groups excluding carboxylic acids is 1. The molecule has 1 rings (SSSR count). The van der Waals surface area contributed by atoms with Gasteiger partial charge in [-0.3, -0.25) is 0 Å². The van der Waals surface area contributed by atoms with E-state index in [0.717, 1.165) is 0 Å². The van der Waals surface area contributed by atoms with Crippen molar-refractivity contribution in [3.63, 3.8) is 0 Å². The van der Waals surface area contributed by atoms with Gasteiger partial charge in [-0.1, -0.05) is 0 Å². The molecule has 0 aliphatic carbocycles. The van der Waals surface area contributed by atoms with Gasteiger partial charge >= 0.3 is 12.0 Å². The van der Waals surface area contributed by atoms with E-state index < -0.39 is 34.0 Å². The van der Waals surface area contributed by atoms with Crippen LogP contribution in [-0.4, -0.2) is 72.3 Å². The molecule has 18 heavy (non-hydrogen) atoms. The molecular formula is C9H16N2O6S. The highest BCUT2D eigenvalue weighted by Gasteiger charge is 2.30. The zero-order valence-corrected chi connectivity index (χ0v) is 10.7. The number of nitrogens with one attached hydrogen (secondary N) is 1. The number of aliphatic hydroxyl groups excluding tert-OH is 1. The molecular weight excluding hydrogens is 264 g/mol. The van der Waals surface area contributed by atoms with Crippen LogP contribution in [0.1, 0.15) is 6.92 Å². The van der Waals surface area contributed by atoms with Crippen LogP contribution in [0, 0.1) is 0 Å². The average molecular weight is 280 g/mol. The van der Waals surface area contributed by atoms with Crippen LogP contribution in [0.4, 0.5) is 4.79 Å². The van der Waals surface area contributed by atoms with Crippen LogP contribution < -0.4 is 5.32 Å². The van der Waals surface area contributed by atoms with E-state index in [2.05, 4.69) is 5.32 Å². The Balaban J connectivity index is 2.58. The molecule has 0 bridgehead atoms. The standard InChI is InChI=1S/C9H16N2O6S/c1-6(12)7(8(13)14)10-9(15)11-2-4-18(16,17)5-3-11/h6-7,12H,2-5H2,1H3,(H,10,15)(H,13,14)/t6-,7+/m1/s1. The Labute approximate surface area is 104 Å². The molecule has 8 nitrogen and oxygen atoms in total. The number of nitrogens with zero attached hydrogens (tertiary/aromatic N) is 1. The molecule has 1 saturated heterocycles. The number of aliphatic hydroxyl groups is 1. The largest absolute Gasteiger partial charge is 0.480 e. The van der Waals surface area contributed by atoms with Crippen molar-refractivity contribution >= 4 is 21.8 Å². The van der Waals surface area contributed by atoms with E-state index in [4.69, 9.17) is 5.11 Å². The van der Waals surface area contributed by atoms with Gasteiger partial charge in [0.25, 0.3) is 0 Å². The van der Waals surface area contributed by atoms with Crippen LogP contribution >= 0.6 is 0 Å². The Hall–Kier alpha value is -1.35. The maximum absolute atomic E-state index is 11.7. The highest BCUT2D eigenvalue weighted by molar-refractivity contribution is 7.91. The smallest absolute Gasteiger partial charge is 0.328 e. The van der Waals surface area contributed by atoms with E-state index in [1.807, 2.05) is 0 Å². The summed E-state index contributed by atoms with van der Waals surface area (Å²) in [6.45, 7) is 1.31. The molecule has 9 heteroatoms. The number of hydrogen-bond donors (Lipinski definition) is 3. The van der Waals surface area contributed by atoms with Gasteiger partial charge in [-0.05, 0) is 6.92 Å². The van der Waals surface area contributed by atoms with Gasteiger partial charge in [-0.2, -0.15) is 0 Å². The van der Waals surface area contributed by atoms with Gasteiger partial charge in [-0.25, -0.2) is 18.0 Å². The minimum atomic E-state index is -3.10. The van der Waals surface area contributed by atoms with E-state index in [1.165, 1.54) is 11.8 Å². The van der Waals surface area contributed by atoms with Gasteiger partial charge < -0.3 is 20.4 Å². The minimum absolute atomic E-state index is 0.0281. The summed E-state index contributed by atoms with van der Waals surface area (Å²) >= 11 is 0. The summed E-state index contributed by atoms with van der Waals surface area (Å²) in [7, 11) is -3.10. The van der Waals surface area contributed by atoms with E-state index >= 15 is 0 Å². The van der Waals surface area contributed by atoms with Crippen LogP contribution in [0.2, 0.25) is 0 Å². The Morgan fingerprint density at radius 3 is 2.17 bits per heavy atom. The summed E-state index contributed by atoms with van der Waals surface area (Å²) in [5.74, 6) is -1.61. The number of carboxylic acid groups (broad SMARTS) is 1. The maximum Gasteiger partial charge on any atom is 0.328 e. The summed E-state index contributed by atoms with van der Waals surface area (Å²) in [4.78, 5) is 23.7. The van der Waals surface area contributed by atoms with Crippen LogP contribution in [0.15, 0.2) is 0 Å². The molecule has 0 aromatic rings. The molecule has 3 N–H and O–H groups in total. The Kier molecular flexibility index (Phi) is 4.52. The highest BCUT2D eigenvalue weighted by atomic mass is 32.2. The first kappa shape index (κ1) is 14.7. The lowest BCUT2D eigenvalue weighted by Gasteiger charge is -2.28. The third-order valence-electron chi connectivity index (χ3n) is 2.66. The topological polar surface area (TPSA) is 124 Å². The number of carboxylic acids is 1. The molecule has 0 unspecified atom stereocenters. The van der Waals surface area contributed by atoms with Crippen LogP contribution in [0.5, 0.6) is 0 Å². The van der Waals surface area contributed by atoms with Gasteiger partial charge in [0.15, 0.2) is 15.9 Å². The predicted octanol–water partition coefficient (Wildman–Crippen LogP) is -1.74. The van der Waals surface area contributed by atoms with Crippen molar-refractivity contribution < 1.29 is 28.2 Å². The first-order valence-electron chi connectivity index (χ1n) is 5.39. The number of urea groups is 1. The Morgan fingerprint density at radius 1 is 1.28 bits per heavy atom. The monoisotopic (exact) mass is 280 g/mol. The fraction of sp³-hybridized carbons (Fsp3) is 0.778. The summed E-state index contributed by atoms with van der Waals surface area (Å²) < 4.78 is 22.3. The van der Waals surface area contributed by atoms with Gasteiger partial charge in [-0.15, -0.1) is 0 Å². The van der Waals surface area contributed by atoms with Gasteiger partial charge in [0.05, 0.1) is 17.6 Å². The lowest BCUT2D eigenvalue weighted by atomic mass is 10.2. The first-order valence-corrected chi connectivity index (χ1v) is 7.22. The van der Waals surface area contributed by atoms with Crippen LogP contribution in [0.25, 0.3) is 0 Å². The molecule has 0 spiro atoms. The third-order valence-corrected chi connectivity index (χ3v) is 4.27. The second kappa shape index (κ2) is 5.53. The van der Waals surface area contributed by atoms with Gasteiger partial charge in [0, 0.05) is 13.1 Å². The van der Waals surface area contributed by atoms with E-state index in [9.17, 15) is 23.1 Å². The van der Waals surface area contributed by atoms with Crippen LogP contribution in [-0.2, 0) is 14.6 Å². The fourth-order valence-corrected chi connectivity index (χ4v) is 2.73. The summed E-state index contributed by atoms with van der Waals surface area (Å²) in [6, 6.07) is -2.09. The molecule has 0 aromatic carbocycles. The quantitative estimate of drug-likeness (QED) is 0.564. The van der Waals surface area contributed by atoms with E-state index in [1.54, 1.807) is 0 Å². The van der Waals surface area contributed by atoms with Crippen molar-refractivity contribution in [2.24, 2.45) is 0 Å². The Bertz CT molecular complexity index is 418. The van der Waals surface area contributed by atoms with Crippen molar-refractivity contribution in [3.8, 4) is 0 Å². The number of rotatable bonds is 3. The lowest BCUT2D eigenvalue weighted by Crippen LogP contribution is -2.55. The number of hydrogen-bond acceptors (Lipinski definition) is 5. The molecule has 1 aliphatic rings. The molecule has 104 valence electrons. The van der Waals surface area contributed by atoms with Crippen molar-refractivity contribution in [2.45, 2.75) is 19.1 Å². The Morgan fingerprint density at radius 2 is 1.78 bits per heavy atom. The van der Waals surface area contributed by atoms with Crippen LogP contribution in [0.3, 0.4) is 0 Å². The first-order chi connectivity index (χ1) is 8.23. The second-order valence-electron chi connectivity index (χ2n) is 4.14. The zero-order valence-electron chi connectivity index (χ0n) is 9.87. The number of carbonyl (C=O) groups is 2. The summed E-state index contributed by atoms with van der Waals surface area (Å²) in [5.41, 5.74) is 0. The number of aliphatic carboxylic acids is 1. The fourth-order valence-electron chi connectivity index (χ4n) is 1.53. The summed E-state index contributed by atoms with van der Waals surface area (Å²) in [6.07, 6.45) is -1.24. The molecule has 0 saturated carbocycles. The molecule has 0 aromatic heterocycles. The third kappa shape index (κ3) is 3.84. The number of amides is 2. The minimum Gasteiger partial charge on any atom is -0.480 e. The van der Waals surface area contributed by atoms with Gasteiger partial charge in [0.1, 0.15) is 0 Å². The summed E-state index contributed by atoms with van der Waals surface area (Å²) in [5, 5.41) is 20.1. The van der Waals surface area contributed by atoms with Crippen molar-refractivity contribution in [1.82, 2.24) is 10.2 Å². The van der Waals surface area contributed by atoms with E-state index in [-0.39, 0.29) is 24.6 Å². The highest BCUT2D eigenvalue weighted by Crippen LogP contribution is 2.05. The average Bonchev–Trinajstić information content (AvgIpc) is 2.24. The molecule has 1 fully saturated rings. The SMILES string of the molecule is C[C@@H](O)[C@H](NC(=O)N1CCS(=O)(=O)CC1)C(=O)O. The van der Waals surface area contributed by atoms with Gasteiger partial charge in [0.2, 0.25) is 0 Å². The number of sulfone groups is 1. The second-order valence-corrected chi connectivity index (χ2v) is 6.45. The zero-order chi connectivity index (χ0) is 13.9. The molecule has 1 aliphatic heterocycles. The van der Waals surface area contributed by atoms with Crippen molar-refractivity contribution in [1.29, 1.82) is 0 Å². The molecule has 1 heterocycles. The van der Waals surface area contributed by atoms with Crippen molar-refractivity contribution in [2.75, 3.05) is 24.6 Å². The van der Waals surface area contributed by atoms with Crippen molar-refractivity contribution in [3.05, 3.63) is 0 Å². The normalized spacial score (nSPS) is 22.0. The predicted molar refractivity (Wildman–Crippen MR) is 61.9 cm³/mol. The molecule has 0 radical (unpaired) electrons. The molecule has 2 atom stereocenters. The lowest BCUT2D eigenvalue weighted by molar-refractivity contribution is -0.141. The molecule has 2 amide bonds. The maximum atomic E-state index is 11.7. The van der Waals surface area contributed by atoms with E-state index in [0.29, 0.717) is 0 Å².